The zero-order chi connectivity index (χ0) is 33.7. The predicted octanol–water partition coefficient (Wildman–Crippen LogP) is 4.28. The van der Waals surface area contributed by atoms with Crippen molar-refractivity contribution in [3.8, 4) is 11.3 Å². The second-order valence-corrected chi connectivity index (χ2v) is 13.5. The Labute approximate surface area is 284 Å². The molecule has 246 valence electrons. The summed E-state index contributed by atoms with van der Waals surface area (Å²) in [4.78, 5) is 60.0. The van der Waals surface area contributed by atoms with Gasteiger partial charge in [-0.1, -0.05) is 11.3 Å². The van der Waals surface area contributed by atoms with Crippen LogP contribution in [0.3, 0.4) is 0 Å². The summed E-state index contributed by atoms with van der Waals surface area (Å²) in [5, 5.41) is 16.8. The van der Waals surface area contributed by atoms with Gasteiger partial charge in [-0.2, -0.15) is 5.10 Å². The smallest absolute Gasteiger partial charge is 0.248 e. The Hall–Kier alpha value is -4.92. The summed E-state index contributed by atoms with van der Waals surface area (Å²) in [5.41, 5.74) is 3.81. The van der Waals surface area contributed by atoms with E-state index in [0.717, 1.165) is 24.1 Å². The second-order valence-electron chi connectivity index (χ2n) is 12.6. The molecule has 15 heteroatoms. The van der Waals surface area contributed by atoms with Gasteiger partial charge < -0.3 is 10.2 Å². The number of carbonyl (C=O) groups is 3. The Kier molecular flexibility index (Phi) is 8.31. The lowest BCUT2D eigenvalue weighted by Gasteiger charge is -2.29. The number of anilines is 1. The third-order valence-corrected chi connectivity index (χ3v) is 9.63. The molecule has 2 aliphatic rings. The van der Waals surface area contributed by atoms with Crippen LogP contribution in [0.25, 0.3) is 22.2 Å². The largest absolute Gasteiger partial charge is 0.326 e. The number of halogens is 1. The first kappa shape index (κ1) is 31.7. The van der Waals surface area contributed by atoms with Crippen molar-refractivity contribution in [2.45, 2.75) is 78.0 Å². The summed E-state index contributed by atoms with van der Waals surface area (Å²) in [6.45, 7) is 7.37. The van der Waals surface area contributed by atoms with Gasteiger partial charge in [-0.25, -0.2) is 15.0 Å². The molecule has 0 bridgehead atoms. The van der Waals surface area contributed by atoms with E-state index in [9.17, 15) is 14.4 Å². The molecular formula is C33H34BrN11O3. The van der Waals surface area contributed by atoms with Crippen LogP contribution in [0, 0.1) is 19.8 Å². The third-order valence-electron chi connectivity index (χ3n) is 9.18. The first-order valence-electron chi connectivity index (χ1n) is 15.9. The first-order chi connectivity index (χ1) is 23.0. The Morgan fingerprint density at radius 3 is 2.56 bits per heavy atom. The van der Waals surface area contributed by atoms with Crippen LogP contribution in [0.1, 0.15) is 66.6 Å². The van der Waals surface area contributed by atoms with E-state index < -0.39 is 6.04 Å². The number of pyridine rings is 2. The minimum absolute atomic E-state index is 0.0712. The fraction of sp³-hybridized carbons (Fsp3) is 0.394. The van der Waals surface area contributed by atoms with E-state index in [-0.39, 0.29) is 41.8 Å². The molecule has 1 aliphatic heterocycles. The monoisotopic (exact) mass is 711 g/mol. The number of ketones is 1. The molecule has 2 amide bonds. The Morgan fingerprint density at radius 2 is 1.83 bits per heavy atom. The van der Waals surface area contributed by atoms with E-state index in [0.29, 0.717) is 57.3 Å². The quantitative estimate of drug-likeness (QED) is 0.172. The molecule has 48 heavy (non-hydrogen) atoms. The molecule has 5 aromatic heterocycles. The second kappa shape index (κ2) is 12.6. The van der Waals surface area contributed by atoms with Crippen LogP contribution in [0.5, 0.6) is 0 Å². The molecule has 1 N–H and O–H groups in total. The number of nitrogens with one attached hydrogen (secondary N) is 1. The molecular weight excluding hydrogens is 678 g/mol. The van der Waals surface area contributed by atoms with Crippen LogP contribution >= 0.6 is 15.9 Å². The maximum absolute atomic E-state index is 14.3. The van der Waals surface area contributed by atoms with Crippen molar-refractivity contribution in [3.05, 3.63) is 70.4 Å². The van der Waals surface area contributed by atoms with Crippen molar-refractivity contribution in [2.24, 2.45) is 5.92 Å². The van der Waals surface area contributed by atoms with Crippen LogP contribution in [-0.4, -0.2) is 79.3 Å². The topological polar surface area (TPSA) is 167 Å². The lowest BCUT2D eigenvalue weighted by atomic mass is 10.00. The van der Waals surface area contributed by atoms with E-state index in [1.807, 2.05) is 30.8 Å². The molecule has 0 spiro atoms. The molecule has 1 aliphatic carbocycles. The maximum Gasteiger partial charge on any atom is 0.248 e. The number of rotatable bonds is 9. The van der Waals surface area contributed by atoms with E-state index >= 15 is 0 Å². The number of hydrogen-bond donors (Lipinski definition) is 1. The third kappa shape index (κ3) is 6.21. The average molecular weight is 713 g/mol. The van der Waals surface area contributed by atoms with Gasteiger partial charge >= 0.3 is 0 Å². The lowest BCUT2D eigenvalue weighted by molar-refractivity contribution is -0.139. The number of aryl methyl sites for hydroxylation is 2. The van der Waals surface area contributed by atoms with Crippen molar-refractivity contribution < 1.29 is 14.4 Å². The maximum atomic E-state index is 14.3. The molecule has 0 aromatic carbocycles. The summed E-state index contributed by atoms with van der Waals surface area (Å²) >= 11 is 3.38. The Balaban J connectivity index is 1.19. The zero-order valence-electron chi connectivity index (χ0n) is 27.0. The summed E-state index contributed by atoms with van der Waals surface area (Å²) in [6, 6.07) is 4.35. The minimum Gasteiger partial charge on any atom is -0.326 e. The molecule has 3 atom stereocenters. The van der Waals surface area contributed by atoms with E-state index in [4.69, 9.17) is 0 Å². The lowest BCUT2D eigenvalue weighted by Crippen LogP contribution is -2.48. The molecule has 14 nitrogen and oxygen atoms in total. The number of aromatic nitrogens is 9. The van der Waals surface area contributed by atoms with Crippen molar-refractivity contribution in [3.63, 3.8) is 0 Å². The van der Waals surface area contributed by atoms with Crippen molar-refractivity contribution in [1.29, 1.82) is 0 Å². The highest BCUT2D eigenvalue weighted by atomic mass is 79.9. The number of amides is 2. The van der Waals surface area contributed by atoms with Crippen LogP contribution in [0.2, 0.25) is 0 Å². The average Bonchev–Trinajstić information content (AvgIpc) is 3.57. The molecule has 0 radical (unpaired) electrons. The summed E-state index contributed by atoms with van der Waals surface area (Å²) in [7, 11) is 0. The van der Waals surface area contributed by atoms with Crippen LogP contribution in [0.15, 0.2) is 47.6 Å². The van der Waals surface area contributed by atoms with Gasteiger partial charge in [0.2, 0.25) is 11.8 Å². The van der Waals surface area contributed by atoms with Gasteiger partial charge in [-0.3, -0.25) is 28.7 Å². The molecule has 0 unspecified atom stereocenters. The van der Waals surface area contributed by atoms with Crippen LogP contribution in [-0.2, 0) is 22.7 Å². The summed E-state index contributed by atoms with van der Waals surface area (Å²) in [6.07, 6.45) is 9.58. The zero-order valence-corrected chi connectivity index (χ0v) is 28.5. The van der Waals surface area contributed by atoms with Gasteiger partial charge in [-0.15, -0.1) is 5.10 Å². The molecule has 5 aromatic rings. The fourth-order valence-corrected chi connectivity index (χ4v) is 6.66. The van der Waals surface area contributed by atoms with Gasteiger partial charge in [-0.05, 0) is 73.7 Å². The van der Waals surface area contributed by atoms with Crippen LogP contribution in [0.4, 0.5) is 5.82 Å². The SMILES string of the molecule is CC(=O)c1nn(CC(=O)N2[C@H](C)[C@@H](Cn3cc(C4CC4)nn3)C[C@H]2C(=O)Nc2nc(Br)ccc2C)c2cnc(-c3cnc(C)nc3)cc12. The highest BCUT2D eigenvalue weighted by molar-refractivity contribution is 9.10. The Bertz CT molecular complexity index is 2050. The predicted molar refractivity (Wildman–Crippen MR) is 179 cm³/mol. The molecule has 7 rings (SSSR count). The van der Waals surface area contributed by atoms with E-state index in [2.05, 4.69) is 56.6 Å². The van der Waals surface area contributed by atoms with Crippen molar-refractivity contribution >= 4 is 50.2 Å². The van der Waals surface area contributed by atoms with Gasteiger partial charge in [0.25, 0.3) is 0 Å². The van der Waals surface area contributed by atoms with Gasteiger partial charge in [0.05, 0.1) is 23.1 Å². The van der Waals surface area contributed by atoms with Crippen molar-refractivity contribution in [1.82, 2.24) is 49.6 Å². The number of fused-ring (bicyclic) bond motifs is 1. The molecule has 6 heterocycles. The summed E-state index contributed by atoms with van der Waals surface area (Å²) in [5.74, 6) is 0.573. The van der Waals surface area contributed by atoms with Gasteiger partial charge in [0.1, 0.15) is 34.5 Å². The number of hydrogen-bond acceptors (Lipinski definition) is 10. The fourth-order valence-electron chi connectivity index (χ4n) is 6.36. The van der Waals surface area contributed by atoms with Crippen LogP contribution < -0.4 is 5.32 Å². The van der Waals surface area contributed by atoms with E-state index in [1.54, 1.807) is 42.5 Å². The normalized spacial score (nSPS) is 19.2. The minimum atomic E-state index is -0.774. The first-order valence-corrected chi connectivity index (χ1v) is 16.7. The van der Waals surface area contributed by atoms with Crippen molar-refractivity contribution in [2.75, 3.05) is 5.32 Å². The number of carbonyl (C=O) groups excluding carboxylic acids is 3. The highest BCUT2D eigenvalue weighted by Crippen LogP contribution is 2.39. The highest BCUT2D eigenvalue weighted by Gasteiger charge is 2.45. The summed E-state index contributed by atoms with van der Waals surface area (Å²) < 4.78 is 3.90. The number of nitrogens with zero attached hydrogens (tertiary/aromatic N) is 10. The van der Waals surface area contributed by atoms with Gasteiger partial charge in [0.15, 0.2) is 5.78 Å². The standard InChI is InChI=1S/C33H34BrN11O3/c1-17-5-8-29(34)38-32(17)39-33(48)27-9-22(14-43-15-26(40-42-43)21-6-7-21)18(2)45(27)30(47)16-44-28-13-37-25(23-11-35-20(4)36-12-23)10-24(28)31(41-44)19(3)46/h5,8,10-13,15,18,21-22,27H,6-7,9,14,16H2,1-4H3,(H,38,39,48)/t18-,22-,27+/m1/s1. The number of likely N-dealkylation sites (tertiary alicyclic amines) is 1. The molecule has 1 saturated carbocycles. The number of Topliss-reactive ketones (excluding diaryl/α,β-unsaturated/α-hetero) is 1. The van der Waals surface area contributed by atoms with Gasteiger partial charge in [0, 0.05) is 60.9 Å². The molecule has 1 saturated heterocycles. The van der Waals surface area contributed by atoms with E-state index in [1.165, 1.54) is 11.6 Å². The Morgan fingerprint density at radius 1 is 1.06 bits per heavy atom. The molecule has 2 fully saturated rings.